The third-order valence-electron chi connectivity index (χ3n) is 3.04. The standard InChI is InChI=1S/C12H17BrN2O2/c1-4-8(2)9(3)14-11-6-5-10(13)7-12(11)15(16)17/h5-9,14H,4H2,1-3H3. The lowest BCUT2D eigenvalue weighted by Crippen LogP contribution is -2.23. The molecule has 5 heteroatoms. The first-order chi connectivity index (χ1) is 7.95. The van der Waals surface area contributed by atoms with Crippen LogP contribution in [0.15, 0.2) is 22.7 Å². The minimum atomic E-state index is -0.365. The van der Waals surface area contributed by atoms with Crippen LogP contribution in [-0.2, 0) is 0 Å². The van der Waals surface area contributed by atoms with Gasteiger partial charge in [-0.1, -0.05) is 36.2 Å². The Morgan fingerprint density at radius 2 is 2.12 bits per heavy atom. The molecule has 1 N–H and O–H groups in total. The highest BCUT2D eigenvalue weighted by Crippen LogP contribution is 2.29. The smallest absolute Gasteiger partial charge is 0.293 e. The Balaban J connectivity index is 2.94. The van der Waals surface area contributed by atoms with Crippen molar-refractivity contribution in [1.29, 1.82) is 0 Å². The van der Waals surface area contributed by atoms with Crippen molar-refractivity contribution in [2.45, 2.75) is 33.2 Å². The first-order valence-corrected chi connectivity index (χ1v) is 6.45. The lowest BCUT2D eigenvalue weighted by Gasteiger charge is -2.20. The van der Waals surface area contributed by atoms with E-state index < -0.39 is 0 Å². The highest BCUT2D eigenvalue weighted by Gasteiger charge is 2.17. The summed E-state index contributed by atoms with van der Waals surface area (Å²) in [5, 5.41) is 14.1. The number of halogens is 1. The molecule has 0 aliphatic carbocycles. The predicted octanol–water partition coefficient (Wildman–Crippen LogP) is 4.20. The van der Waals surface area contributed by atoms with Crippen molar-refractivity contribution in [2.75, 3.05) is 5.32 Å². The first-order valence-electron chi connectivity index (χ1n) is 5.66. The zero-order chi connectivity index (χ0) is 13.0. The molecule has 0 amide bonds. The van der Waals surface area contributed by atoms with Gasteiger partial charge in [0, 0.05) is 16.6 Å². The van der Waals surface area contributed by atoms with E-state index in [0.717, 1.165) is 6.42 Å². The molecule has 1 aromatic carbocycles. The molecule has 0 spiro atoms. The van der Waals surface area contributed by atoms with Crippen LogP contribution < -0.4 is 5.32 Å². The summed E-state index contributed by atoms with van der Waals surface area (Å²) in [5.74, 6) is 0.471. The summed E-state index contributed by atoms with van der Waals surface area (Å²) in [7, 11) is 0. The molecule has 0 saturated heterocycles. The number of hydrogen-bond acceptors (Lipinski definition) is 3. The van der Waals surface area contributed by atoms with Crippen LogP contribution in [-0.4, -0.2) is 11.0 Å². The Morgan fingerprint density at radius 3 is 2.65 bits per heavy atom. The van der Waals surface area contributed by atoms with E-state index in [9.17, 15) is 10.1 Å². The lowest BCUT2D eigenvalue weighted by molar-refractivity contribution is -0.384. The van der Waals surface area contributed by atoms with Gasteiger partial charge < -0.3 is 5.32 Å². The normalized spacial score (nSPS) is 14.1. The van der Waals surface area contributed by atoms with Crippen molar-refractivity contribution in [3.63, 3.8) is 0 Å². The van der Waals surface area contributed by atoms with Crippen LogP contribution in [0.25, 0.3) is 0 Å². The van der Waals surface area contributed by atoms with Gasteiger partial charge in [0.25, 0.3) is 5.69 Å². The van der Waals surface area contributed by atoms with Gasteiger partial charge in [-0.05, 0) is 25.0 Å². The molecule has 94 valence electrons. The van der Waals surface area contributed by atoms with Crippen LogP contribution in [0.2, 0.25) is 0 Å². The molecular formula is C12H17BrN2O2. The van der Waals surface area contributed by atoms with Gasteiger partial charge in [-0.25, -0.2) is 0 Å². The van der Waals surface area contributed by atoms with Gasteiger partial charge in [0.15, 0.2) is 0 Å². The van der Waals surface area contributed by atoms with Gasteiger partial charge in [0.1, 0.15) is 5.69 Å². The third kappa shape index (κ3) is 3.70. The first kappa shape index (κ1) is 14.0. The van der Waals surface area contributed by atoms with E-state index in [1.165, 1.54) is 6.07 Å². The van der Waals surface area contributed by atoms with Crippen LogP contribution in [0, 0.1) is 16.0 Å². The van der Waals surface area contributed by atoms with Gasteiger partial charge in [-0.3, -0.25) is 10.1 Å². The SMILES string of the molecule is CCC(C)C(C)Nc1ccc(Br)cc1[N+](=O)[O-]. The van der Waals surface area contributed by atoms with Crippen LogP contribution in [0.3, 0.4) is 0 Å². The van der Waals surface area contributed by atoms with Crippen molar-refractivity contribution in [3.05, 3.63) is 32.8 Å². The molecule has 0 fully saturated rings. The van der Waals surface area contributed by atoms with Crippen LogP contribution >= 0.6 is 15.9 Å². The molecule has 0 saturated carbocycles. The quantitative estimate of drug-likeness (QED) is 0.655. The van der Waals surface area contributed by atoms with E-state index in [1.54, 1.807) is 12.1 Å². The van der Waals surface area contributed by atoms with Gasteiger partial charge in [0.2, 0.25) is 0 Å². The predicted molar refractivity (Wildman–Crippen MR) is 73.3 cm³/mol. The monoisotopic (exact) mass is 300 g/mol. The highest BCUT2D eigenvalue weighted by molar-refractivity contribution is 9.10. The maximum absolute atomic E-state index is 10.9. The maximum atomic E-state index is 10.9. The fourth-order valence-corrected chi connectivity index (χ4v) is 1.87. The second-order valence-electron chi connectivity index (χ2n) is 4.24. The number of nitro benzene ring substituents is 1. The van der Waals surface area contributed by atoms with E-state index in [4.69, 9.17) is 0 Å². The average Bonchev–Trinajstić information content (AvgIpc) is 2.29. The summed E-state index contributed by atoms with van der Waals surface area (Å²) in [6.45, 7) is 6.28. The minimum absolute atomic E-state index is 0.106. The number of nitro groups is 1. The average molecular weight is 301 g/mol. The van der Waals surface area contributed by atoms with Crippen LogP contribution in [0.1, 0.15) is 27.2 Å². The fourth-order valence-electron chi connectivity index (χ4n) is 1.52. The van der Waals surface area contributed by atoms with Gasteiger partial charge >= 0.3 is 0 Å². The molecule has 17 heavy (non-hydrogen) atoms. The number of nitrogens with one attached hydrogen (secondary N) is 1. The van der Waals surface area contributed by atoms with Crippen molar-refractivity contribution >= 4 is 27.3 Å². The van der Waals surface area contributed by atoms with Crippen molar-refractivity contribution in [3.8, 4) is 0 Å². The Morgan fingerprint density at radius 1 is 1.47 bits per heavy atom. The molecule has 0 aliphatic heterocycles. The zero-order valence-corrected chi connectivity index (χ0v) is 11.8. The van der Waals surface area contributed by atoms with Crippen molar-refractivity contribution < 1.29 is 4.92 Å². The maximum Gasteiger partial charge on any atom is 0.293 e. The number of nitrogens with zero attached hydrogens (tertiary/aromatic N) is 1. The minimum Gasteiger partial charge on any atom is -0.377 e. The number of anilines is 1. The number of benzene rings is 1. The Bertz CT molecular complexity index is 409. The Kier molecular flexibility index (Phi) is 4.93. The topological polar surface area (TPSA) is 55.2 Å². The summed E-state index contributed by atoms with van der Waals surface area (Å²) in [5.41, 5.74) is 0.681. The molecule has 1 aromatic rings. The molecule has 0 heterocycles. The van der Waals surface area contributed by atoms with E-state index >= 15 is 0 Å². The summed E-state index contributed by atoms with van der Waals surface area (Å²) in [4.78, 5) is 10.6. The van der Waals surface area contributed by atoms with Crippen LogP contribution in [0.5, 0.6) is 0 Å². The number of hydrogen-bond donors (Lipinski definition) is 1. The van der Waals surface area contributed by atoms with Crippen LogP contribution in [0.4, 0.5) is 11.4 Å². The third-order valence-corrected chi connectivity index (χ3v) is 3.53. The lowest BCUT2D eigenvalue weighted by atomic mass is 10.0. The summed E-state index contributed by atoms with van der Waals surface area (Å²) < 4.78 is 0.714. The van der Waals surface area contributed by atoms with E-state index in [0.29, 0.717) is 16.1 Å². The van der Waals surface area contributed by atoms with Gasteiger partial charge in [0.05, 0.1) is 4.92 Å². The molecule has 0 bridgehead atoms. The van der Waals surface area contributed by atoms with Gasteiger partial charge in [-0.2, -0.15) is 0 Å². The summed E-state index contributed by atoms with van der Waals surface area (Å²) in [6.07, 6.45) is 1.04. The molecule has 4 nitrogen and oxygen atoms in total. The molecule has 0 aromatic heterocycles. The summed E-state index contributed by atoms with van der Waals surface area (Å²) in [6, 6.07) is 5.27. The van der Waals surface area contributed by atoms with E-state index in [2.05, 4.69) is 35.1 Å². The van der Waals surface area contributed by atoms with Crippen molar-refractivity contribution in [1.82, 2.24) is 0 Å². The Hall–Kier alpha value is -1.10. The molecule has 2 unspecified atom stereocenters. The van der Waals surface area contributed by atoms with E-state index in [1.807, 2.05) is 6.92 Å². The second kappa shape index (κ2) is 6.00. The Labute approximate surface area is 110 Å². The summed E-state index contributed by atoms with van der Waals surface area (Å²) >= 11 is 3.24. The fraction of sp³-hybridized carbons (Fsp3) is 0.500. The molecule has 0 aliphatic rings. The second-order valence-corrected chi connectivity index (χ2v) is 5.15. The zero-order valence-electron chi connectivity index (χ0n) is 10.2. The number of rotatable bonds is 5. The van der Waals surface area contributed by atoms with Crippen molar-refractivity contribution in [2.24, 2.45) is 5.92 Å². The largest absolute Gasteiger partial charge is 0.377 e. The van der Waals surface area contributed by atoms with E-state index in [-0.39, 0.29) is 16.7 Å². The molecule has 1 rings (SSSR count). The molecule has 0 radical (unpaired) electrons. The highest BCUT2D eigenvalue weighted by atomic mass is 79.9. The molecule has 2 atom stereocenters. The van der Waals surface area contributed by atoms with Gasteiger partial charge in [-0.15, -0.1) is 0 Å². The molecular weight excluding hydrogens is 284 g/mol.